The van der Waals surface area contributed by atoms with Crippen LogP contribution in [-0.4, -0.2) is 36.0 Å². The zero-order valence-electron chi connectivity index (χ0n) is 11.0. The fourth-order valence-electron chi connectivity index (χ4n) is 2.46. The second kappa shape index (κ2) is 5.29. The van der Waals surface area contributed by atoms with Crippen molar-refractivity contribution in [1.82, 2.24) is 10.2 Å². The molecule has 0 radical (unpaired) electrons. The Bertz CT molecular complexity index is 451. The first-order valence-electron chi connectivity index (χ1n) is 6.30. The zero-order valence-corrected chi connectivity index (χ0v) is 11.8. The van der Waals surface area contributed by atoms with Crippen LogP contribution in [0, 0.1) is 6.92 Å². The van der Waals surface area contributed by atoms with Crippen molar-refractivity contribution in [3.8, 4) is 0 Å². The Morgan fingerprint density at radius 3 is 2.50 bits per heavy atom. The largest absolute Gasteiger partial charge is 0.331 e. The maximum Gasteiger partial charge on any atom is 0.254 e. The van der Waals surface area contributed by atoms with Gasteiger partial charge < -0.3 is 10.2 Å². The van der Waals surface area contributed by atoms with Gasteiger partial charge in [0.05, 0.1) is 0 Å². The lowest BCUT2D eigenvalue weighted by molar-refractivity contribution is 0.0544. The van der Waals surface area contributed by atoms with Gasteiger partial charge in [-0.05, 0) is 44.5 Å². The summed E-state index contributed by atoms with van der Waals surface area (Å²) in [4.78, 5) is 14.5. The zero-order chi connectivity index (χ0) is 13.3. The number of hydrogen-bond acceptors (Lipinski definition) is 2. The molecule has 1 aromatic rings. The molecule has 2 rings (SSSR count). The van der Waals surface area contributed by atoms with E-state index in [1.807, 2.05) is 17.9 Å². The summed E-state index contributed by atoms with van der Waals surface area (Å²) in [5.41, 5.74) is 1.66. The third-order valence-electron chi connectivity index (χ3n) is 3.47. The summed E-state index contributed by atoms with van der Waals surface area (Å²) in [6.07, 6.45) is 0. The summed E-state index contributed by atoms with van der Waals surface area (Å²) < 4.78 is 0. The first kappa shape index (κ1) is 13.4. The van der Waals surface area contributed by atoms with Crippen LogP contribution in [0.4, 0.5) is 0 Å². The van der Waals surface area contributed by atoms with Crippen molar-refractivity contribution >= 4 is 17.5 Å². The van der Waals surface area contributed by atoms with Gasteiger partial charge in [-0.3, -0.25) is 4.79 Å². The second-order valence-corrected chi connectivity index (χ2v) is 5.44. The highest BCUT2D eigenvalue weighted by Gasteiger charge is 2.29. The molecule has 0 aromatic heterocycles. The van der Waals surface area contributed by atoms with E-state index in [1.54, 1.807) is 12.1 Å². The summed E-state index contributed by atoms with van der Waals surface area (Å²) in [5, 5.41) is 4.03. The summed E-state index contributed by atoms with van der Waals surface area (Å²) in [5.74, 6) is 0.0938. The molecule has 1 amide bonds. The van der Waals surface area contributed by atoms with E-state index < -0.39 is 0 Å². The van der Waals surface area contributed by atoms with Gasteiger partial charge in [0.15, 0.2) is 0 Å². The van der Waals surface area contributed by atoms with Gasteiger partial charge in [-0.25, -0.2) is 0 Å². The van der Waals surface area contributed by atoms with Crippen LogP contribution in [0.3, 0.4) is 0 Å². The lowest BCUT2D eigenvalue weighted by Gasteiger charge is -2.39. The topological polar surface area (TPSA) is 32.3 Å². The average molecular weight is 267 g/mol. The van der Waals surface area contributed by atoms with Crippen molar-refractivity contribution in [2.24, 2.45) is 0 Å². The number of aryl methyl sites for hydroxylation is 1. The predicted octanol–water partition coefficient (Wildman–Crippen LogP) is 2.47. The molecule has 1 saturated heterocycles. The first-order valence-corrected chi connectivity index (χ1v) is 6.68. The van der Waals surface area contributed by atoms with Gasteiger partial charge in [0.2, 0.25) is 0 Å². The minimum absolute atomic E-state index is 0.0938. The molecule has 0 aliphatic carbocycles. The van der Waals surface area contributed by atoms with E-state index in [2.05, 4.69) is 19.2 Å². The van der Waals surface area contributed by atoms with Gasteiger partial charge >= 0.3 is 0 Å². The standard InChI is InChI=1S/C14H19ClN2O/c1-9-6-12(4-5-13(9)15)14(18)17-10(2)7-16-8-11(17)3/h4-6,10-11,16H,7-8H2,1-3H3. The highest BCUT2D eigenvalue weighted by Crippen LogP contribution is 2.20. The number of piperazine rings is 1. The molecular weight excluding hydrogens is 248 g/mol. The molecule has 3 nitrogen and oxygen atoms in total. The maximum atomic E-state index is 12.5. The smallest absolute Gasteiger partial charge is 0.254 e. The first-order chi connectivity index (χ1) is 8.50. The molecule has 1 N–H and O–H groups in total. The molecule has 1 aliphatic heterocycles. The van der Waals surface area contributed by atoms with Crippen molar-refractivity contribution in [2.45, 2.75) is 32.9 Å². The van der Waals surface area contributed by atoms with Crippen LogP contribution in [-0.2, 0) is 0 Å². The number of carbonyl (C=O) groups excluding carboxylic acids is 1. The molecule has 2 unspecified atom stereocenters. The predicted molar refractivity (Wildman–Crippen MR) is 74.2 cm³/mol. The lowest BCUT2D eigenvalue weighted by atomic mass is 10.1. The Labute approximate surface area is 113 Å². The number of nitrogens with zero attached hydrogens (tertiary/aromatic N) is 1. The van der Waals surface area contributed by atoms with Crippen LogP contribution in [0.2, 0.25) is 5.02 Å². The molecule has 4 heteroatoms. The van der Waals surface area contributed by atoms with E-state index in [0.29, 0.717) is 5.02 Å². The van der Waals surface area contributed by atoms with Crippen molar-refractivity contribution in [2.75, 3.05) is 13.1 Å². The fourth-order valence-corrected chi connectivity index (χ4v) is 2.58. The number of rotatable bonds is 1. The van der Waals surface area contributed by atoms with Gasteiger partial charge in [-0.15, -0.1) is 0 Å². The summed E-state index contributed by atoms with van der Waals surface area (Å²) >= 11 is 5.99. The molecule has 0 spiro atoms. The molecule has 0 saturated carbocycles. The molecule has 1 aliphatic rings. The van der Waals surface area contributed by atoms with Crippen LogP contribution in [0.15, 0.2) is 18.2 Å². The van der Waals surface area contributed by atoms with E-state index >= 15 is 0 Å². The fraction of sp³-hybridized carbons (Fsp3) is 0.500. The number of amides is 1. The lowest BCUT2D eigenvalue weighted by Crippen LogP contribution is -2.57. The number of hydrogen-bond donors (Lipinski definition) is 1. The van der Waals surface area contributed by atoms with E-state index in [0.717, 1.165) is 24.2 Å². The van der Waals surface area contributed by atoms with Gasteiger partial charge in [0, 0.05) is 35.8 Å². The van der Waals surface area contributed by atoms with Crippen molar-refractivity contribution in [1.29, 1.82) is 0 Å². The quantitative estimate of drug-likeness (QED) is 0.847. The Morgan fingerprint density at radius 2 is 1.94 bits per heavy atom. The van der Waals surface area contributed by atoms with E-state index in [-0.39, 0.29) is 18.0 Å². The van der Waals surface area contributed by atoms with Crippen LogP contribution < -0.4 is 5.32 Å². The average Bonchev–Trinajstić information content (AvgIpc) is 2.32. The molecule has 1 heterocycles. The van der Waals surface area contributed by atoms with Gasteiger partial charge in [0.25, 0.3) is 5.91 Å². The molecule has 1 aromatic carbocycles. The third kappa shape index (κ3) is 2.52. The van der Waals surface area contributed by atoms with Crippen LogP contribution in [0.5, 0.6) is 0 Å². The maximum absolute atomic E-state index is 12.5. The Hall–Kier alpha value is -1.06. The van der Waals surface area contributed by atoms with Crippen LogP contribution in [0.25, 0.3) is 0 Å². The van der Waals surface area contributed by atoms with Crippen molar-refractivity contribution in [3.05, 3.63) is 34.3 Å². The van der Waals surface area contributed by atoms with Crippen LogP contribution >= 0.6 is 11.6 Å². The molecule has 98 valence electrons. The monoisotopic (exact) mass is 266 g/mol. The molecular formula is C14H19ClN2O. The Morgan fingerprint density at radius 1 is 1.33 bits per heavy atom. The third-order valence-corrected chi connectivity index (χ3v) is 3.89. The number of carbonyl (C=O) groups is 1. The van der Waals surface area contributed by atoms with E-state index in [1.165, 1.54) is 0 Å². The second-order valence-electron chi connectivity index (χ2n) is 5.03. The molecule has 18 heavy (non-hydrogen) atoms. The number of halogens is 1. The summed E-state index contributed by atoms with van der Waals surface area (Å²) in [7, 11) is 0. The van der Waals surface area contributed by atoms with Gasteiger partial charge in [-0.1, -0.05) is 11.6 Å². The molecule has 1 fully saturated rings. The summed E-state index contributed by atoms with van der Waals surface area (Å²) in [6.45, 7) is 7.77. The Kier molecular flexibility index (Phi) is 3.93. The van der Waals surface area contributed by atoms with Crippen molar-refractivity contribution < 1.29 is 4.79 Å². The SMILES string of the molecule is Cc1cc(C(=O)N2C(C)CNCC2C)ccc1Cl. The molecule has 2 atom stereocenters. The minimum atomic E-state index is 0.0938. The van der Waals surface area contributed by atoms with E-state index in [4.69, 9.17) is 11.6 Å². The molecule has 0 bridgehead atoms. The number of nitrogens with one attached hydrogen (secondary N) is 1. The highest BCUT2D eigenvalue weighted by atomic mass is 35.5. The van der Waals surface area contributed by atoms with Crippen LogP contribution in [0.1, 0.15) is 29.8 Å². The van der Waals surface area contributed by atoms with Gasteiger partial charge in [0.1, 0.15) is 0 Å². The highest BCUT2D eigenvalue weighted by molar-refractivity contribution is 6.31. The van der Waals surface area contributed by atoms with Crippen molar-refractivity contribution in [3.63, 3.8) is 0 Å². The number of benzene rings is 1. The summed E-state index contributed by atoms with van der Waals surface area (Å²) in [6, 6.07) is 5.90. The minimum Gasteiger partial charge on any atom is -0.331 e. The van der Waals surface area contributed by atoms with E-state index in [9.17, 15) is 4.79 Å². The Balaban J connectivity index is 2.26. The normalized spacial score (nSPS) is 24.1. The van der Waals surface area contributed by atoms with Gasteiger partial charge in [-0.2, -0.15) is 0 Å².